The van der Waals surface area contributed by atoms with E-state index in [0.29, 0.717) is 24.8 Å². The van der Waals surface area contributed by atoms with Crippen molar-refractivity contribution in [2.75, 3.05) is 6.54 Å². The Balaban J connectivity index is 1.47. The second-order valence-electron chi connectivity index (χ2n) is 6.43. The molecule has 6 nitrogen and oxygen atoms in total. The van der Waals surface area contributed by atoms with Crippen LogP contribution in [-0.4, -0.2) is 27.4 Å². The SMILES string of the molecule is Cc1ccc([C@@H]2Cn3nnc(C(=O)NCC4CC4)c3CO2)cc1. The fraction of sp³-hybridized carbons (Fsp3) is 0.471. The van der Waals surface area contributed by atoms with Gasteiger partial charge in [0.15, 0.2) is 5.69 Å². The Labute approximate surface area is 134 Å². The van der Waals surface area contributed by atoms with Crippen LogP contribution in [0.5, 0.6) is 0 Å². The van der Waals surface area contributed by atoms with Crippen LogP contribution in [0.2, 0.25) is 0 Å². The molecule has 4 rings (SSSR count). The maximum Gasteiger partial charge on any atom is 0.273 e. The van der Waals surface area contributed by atoms with Crippen LogP contribution in [0.3, 0.4) is 0 Å². The summed E-state index contributed by atoms with van der Waals surface area (Å²) in [4.78, 5) is 12.2. The Kier molecular flexibility index (Phi) is 3.61. The number of rotatable bonds is 4. The van der Waals surface area contributed by atoms with Crippen molar-refractivity contribution in [3.63, 3.8) is 0 Å². The molecule has 2 aromatic rings. The summed E-state index contributed by atoms with van der Waals surface area (Å²) in [5.41, 5.74) is 3.51. The van der Waals surface area contributed by atoms with E-state index in [4.69, 9.17) is 4.74 Å². The van der Waals surface area contributed by atoms with Crippen molar-refractivity contribution in [2.24, 2.45) is 5.92 Å². The quantitative estimate of drug-likeness (QED) is 0.937. The van der Waals surface area contributed by atoms with Crippen LogP contribution in [0.15, 0.2) is 24.3 Å². The Bertz CT molecular complexity index is 719. The maximum absolute atomic E-state index is 12.2. The third-order valence-electron chi connectivity index (χ3n) is 4.51. The van der Waals surface area contributed by atoms with Gasteiger partial charge in [0.2, 0.25) is 0 Å². The number of nitrogens with zero attached hydrogens (tertiary/aromatic N) is 3. The van der Waals surface area contributed by atoms with Gasteiger partial charge in [0.05, 0.1) is 18.8 Å². The summed E-state index contributed by atoms with van der Waals surface area (Å²) in [6.07, 6.45) is 2.37. The predicted molar refractivity (Wildman–Crippen MR) is 83.8 cm³/mol. The van der Waals surface area contributed by atoms with Gasteiger partial charge in [-0.15, -0.1) is 5.10 Å². The molecular formula is C17H20N4O2. The van der Waals surface area contributed by atoms with Gasteiger partial charge in [-0.25, -0.2) is 4.68 Å². The van der Waals surface area contributed by atoms with Crippen molar-refractivity contribution in [2.45, 2.75) is 39.0 Å². The highest BCUT2D eigenvalue weighted by Crippen LogP contribution is 2.28. The molecule has 1 aliphatic heterocycles. The molecule has 1 saturated carbocycles. The predicted octanol–water partition coefficient (Wildman–Crippen LogP) is 2.00. The third-order valence-corrected chi connectivity index (χ3v) is 4.51. The normalized spacial score (nSPS) is 20.1. The zero-order valence-corrected chi connectivity index (χ0v) is 13.2. The van der Waals surface area contributed by atoms with E-state index in [1.165, 1.54) is 18.4 Å². The average molecular weight is 312 g/mol. The zero-order chi connectivity index (χ0) is 15.8. The molecule has 1 N–H and O–H groups in total. The van der Waals surface area contributed by atoms with Crippen molar-refractivity contribution in [1.29, 1.82) is 0 Å². The standard InChI is InChI=1S/C17H20N4O2/c1-11-2-6-13(7-3-11)15-9-21-14(10-23-15)16(19-20-21)17(22)18-8-12-4-5-12/h2-3,6-7,12,15H,4-5,8-10H2,1H3,(H,18,22)/t15-/m0/s1. The highest BCUT2D eigenvalue weighted by Gasteiger charge is 2.28. The lowest BCUT2D eigenvalue weighted by Crippen LogP contribution is -2.28. The fourth-order valence-electron chi connectivity index (χ4n) is 2.81. The molecule has 0 saturated heterocycles. The minimum atomic E-state index is -0.143. The molecule has 0 bridgehead atoms. The maximum atomic E-state index is 12.2. The molecule has 120 valence electrons. The molecule has 6 heteroatoms. The van der Waals surface area contributed by atoms with Gasteiger partial charge < -0.3 is 10.1 Å². The van der Waals surface area contributed by atoms with Crippen LogP contribution in [0.25, 0.3) is 0 Å². The number of carbonyl (C=O) groups is 1. The second kappa shape index (κ2) is 5.77. The number of benzene rings is 1. The first-order chi connectivity index (χ1) is 11.2. The van der Waals surface area contributed by atoms with Gasteiger partial charge in [-0.1, -0.05) is 35.0 Å². The van der Waals surface area contributed by atoms with Crippen LogP contribution in [0.4, 0.5) is 0 Å². The highest BCUT2D eigenvalue weighted by molar-refractivity contribution is 5.93. The third kappa shape index (κ3) is 2.99. The molecule has 1 aromatic carbocycles. The lowest BCUT2D eigenvalue weighted by Gasteiger charge is -2.24. The summed E-state index contributed by atoms with van der Waals surface area (Å²) in [6, 6.07) is 8.30. The van der Waals surface area contributed by atoms with Gasteiger partial charge in [0, 0.05) is 6.54 Å². The lowest BCUT2D eigenvalue weighted by molar-refractivity contribution is -0.00177. The van der Waals surface area contributed by atoms with E-state index >= 15 is 0 Å². The monoisotopic (exact) mass is 312 g/mol. The molecular weight excluding hydrogens is 292 g/mol. The van der Waals surface area contributed by atoms with E-state index in [2.05, 4.69) is 46.8 Å². The van der Waals surface area contributed by atoms with Gasteiger partial charge in [-0.05, 0) is 31.2 Å². The summed E-state index contributed by atoms with van der Waals surface area (Å²) in [5, 5.41) is 11.1. The highest BCUT2D eigenvalue weighted by atomic mass is 16.5. The number of aryl methyl sites for hydroxylation is 1. The molecule has 23 heavy (non-hydrogen) atoms. The van der Waals surface area contributed by atoms with Gasteiger partial charge in [-0.3, -0.25) is 4.79 Å². The molecule has 2 aliphatic rings. The molecule has 1 atom stereocenters. The van der Waals surface area contributed by atoms with Crippen LogP contribution >= 0.6 is 0 Å². The van der Waals surface area contributed by atoms with Crippen molar-refractivity contribution < 1.29 is 9.53 Å². The number of aromatic nitrogens is 3. The number of hydrogen-bond acceptors (Lipinski definition) is 4. The molecule has 2 heterocycles. The summed E-state index contributed by atoms with van der Waals surface area (Å²) < 4.78 is 7.73. The van der Waals surface area contributed by atoms with Crippen molar-refractivity contribution in [1.82, 2.24) is 20.3 Å². The molecule has 0 radical (unpaired) electrons. The van der Waals surface area contributed by atoms with E-state index in [-0.39, 0.29) is 12.0 Å². The summed E-state index contributed by atoms with van der Waals surface area (Å²) >= 11 is 0. The van der Waals surface area contributed by atoms with Crippen LogP contribution in [-0.2, 0) is 17.9 Å². The van der Waals surface area contributed by atoms with E-state index in [1.54, 1.807) is 4.68 Å². The minimum Gasteiger partial charge on any atom is -0.365 e. The second-order valence-corrected chi connectivity index (χ2v) is 6.43. The molecule has 1 fully saturated rings. The lowest BCUT2D eigenvalue weighted by atomic mass is 10.1. The van der Waals surface area contributed by atoms with Crippen molar-refractivity contribution in [3.8, 4) is 0 Å². The number of fused-ring (bicyclic) bond motifs is 1. The number of ether oxygens (including phenoxy) is 1. The number of nitrogens with one attached hydrogen (secondary N) is 1. The smallest absolute Gasteiger partial charge is 0.273 e. The van der Waals surface area contributed by atoms with Gasteiger partial charge in [-0.2, -0.15) is 0 Å². The first-order valence-corrected chi connectivity index (χ1v) is 8.09. The minimum absolute atomic E-state index is 0.0489. The average Bonchev–Trinajstić information content (AvgIpc) is 3.30. The summed E-state index contributed by atoms with van der Waals surface area (Å²) in [5.74, 6) is 0.503. The molecule has 1 aliphatic carbocycles. The van der Waals surface area contributed by atoms with E-state index < -0.39 is 0 Å². The van der Waals surface area contributed by atoms with Crippen LogP contribution < -0.4 is 5.32 Å². The van der Waals surface area contributed by atoms with E-state index in [0.717, 1.165) is 17.8 Å². The molecule has 0 spiro atoms. The van der Waals surface area contributed by atoms with Gasteiger partial charge >= 0.3 is 0 Å². The van der Waals surface area contributed by atoms with Gasteiger partial charge in [0.25, 0.3) is 5.91 Å². The van der Waals surface area contributed by atoms with E-state index in [1.807, 2.05) is 0 Å². The Morgan fingerprint density at radius 2 is 2.13 bits per heavy atom. The van der Waals surface area contributed by atoms with Gasteiger partial charge in [0.1, 0.15) is 6.10 Å². The Hall–Kier alpha value is -2.21. The molecule has 0 unspecified atom stereocenters. The van der Waals surface area contributed by atoms with Crippen LogP contribution in [0, 0.1) is 12.8 Å². The first kappa shape index (κ1) is 14.4. The summed E-state index contributed by atoms with van der Waals surface area (Å²) in [6.45, 7) is 3.74. The number of carbonyl (C=O) groups excluding carboxylic acids is 1. The summed E-state index contributed by atoms with van der Waals surface area (Å²) in [7, 11) is 0. The topological polar surface area (TPSA) is 69.0 Å². The fourth-order valence-corrected chi connectivity index (χ4v) is 2.81. The van der Waals surface area contributed by atoms with E-state index in [9.17, 15) is 4.79 Å². The first-order valence-electron chi connectivity index (χ1n) is 8.09. The zero-order valence-electron chi connectivity index (χ0n) is 13.2. The van der Waals surface area contributed by atoms with Crippen LogP contribution in [0.1, 0.15) is 46.3 Å². The molecule has 1 amide bonds. The number of amides is 1. The largest absolute Gasteiger partial charge is 0.365 e. The van der Waals surface area contributed by atoms with Crippen molar-refractivity contribution in [3.05, 3.63) is 46.8 Å². The Morgan fingerprint density at radius 1 is 1.35 bits per heavy atom. The Morgan fingerprint density at radius 3 is 2.87 bits per heavy atom. The van der Waals surface area contributed by atoms with Crippen molar-refractivity contribution >= 4 is 5.91 Å². The number of hydrogen-bond donors (Lipinski definition) is 1. The molecule has 1 aromatic heterocycles.